The number of nitrogens with zero attached hydrogens (tertiary/aromatic N) is 1. The highest BCUT2D eigenvalue weighted by atomic mass is 32.1. The van der Waals surface area contributed by atoms with E-state index in [1.54, 1.807) is 0 Å². The molecule has 4 nitrogen and oxygen atoms in total. The van der Waals surface area contributed by atoms with Gasteiger partial charge in [-0.25, -0.2) is 4.98 Å². The largest absolute Gasteiger partial charge is 0.469 e. The van der Waals surface area contributed by atoms with E-state index in [1.165, 1.54) is 23.3 Å². The molecule has 2 N–H and O–H groups in total. The number of thiazole rings is 1. The number of rotatable bonds is 1. The molecule has 1 atom stereocenters. The molecule has 1 aromatic rings. The first-order valence-electron chi connectivity index (χ1n) is 4.52. The van der Waals surface area contributed by atoms with Gasteiger partial charge in [0.1, 0.15) is 0 Å². The van der Waals surface area contributed by atoms with E-state index < -0.39 is 0 Å². The van der Waals surface area contributed by atoms with Crippen LogP contribution in [0.3, 0.4) is 0 Å². The first kappa shape index (κ1) is 9.45. The van der Waals surface area contributed by atoms with Crippen molar-refractivity contribution < 1.29 is 9.53 Å². The zero-order valence-corrected chi connectivity index (χ0v) is 8.76. The molecule has 0 aliphatic heterocycles. The molecule has 1 aliphatic carbocycles. The van der Waals surface area contributed by atoms with Gasteiger partial charge in [-0.2, -0.15) is 0 Å². The first-order valence-corrected chi connectivity index (χ1v) is 5.34. The summed E-state index contributed by atoms with van der Waals surface area (Å²) in [6, 6.07) is 0. The minimum atomic E-state index is -0.137. The third kappa shape index (κ3) is 1.59. The number of nitrogen functional groups attached to an aromatic ring is 1. The fourth-order valence-corrected chi connectivity index (χ4v) is 2.64. The van der Waals surface area contributed by atoms with Crippen LogP contribution in [-0.2, 0) is 22.4 Å². The number of hydrogen-bond donors (Lipinski definition) is 1. The van der Waals surface area contributed by atoms with Crippen molar-refractivity contribution in [1.29, 1.82) is 0 Å². The highest BCUT2D eigenvalue weighted by Gasteiger charge is 2.27. The van der Waals surface area contributed by atoms with Crippen molar-refractivity contribution >= 4 is 22.4 Å². The van der Waals surface area contributed by atoms with Gasteiger partial charge in [-0.05, 0) is 12.8 Å². The molecule has 76 valence electrons. The van der Waals surface area contributed by atoms with Gasteiger partial charge in [-0.3, -0.25) is 4.79 Å². The second-order valence-electron chi connectivity index (χ2n) is 3.38. The van der Waals surface area contributed by atoms with Crippen LogP contribution in [0.1, 0.15) is 17.0 Å². The average molecular weight is 212 g/mol. The lowest BCUT2D eigenvalue weighted by Gasteiger charge is -2.18. The summed E-state index contributed by atoms with van der Waals surface area (Å²) < 4.78 is 4.72. The summed E-state index contributed by atoms with van der Waals surface area (Å²) in [6.07, 6.45) is 2.42. The molecular weight excluding hydrogens is 200 g/mol. The van der Waals surface area contributed by atoms with Crippen LogP contribution in [0.5, 0.6) is 0 Å². The van der Waals surface area contributed by atoms with Gasteiger partial charge in [-0.15, -0.1) is 11.3 Å². The van der Waals surface area contributed by atoms with E-state index in [4.69, 9.17) is 10.5 Å². The van der Waals surface area contributed by atoms with E-state index in [1.807, 2.05) is 0 Å². The maximum Gasteiger partial charge on any atom is 0.309 e. The number of hydrogen-bond acceptors (Lipinski definition) is 5. The Hall–Kier alpha value is -1.10. The van der Waals surface area contributed by atoms with Crippen LogP contribution >= 0.6 is 11.3 Å². The van der Waals surface area contributed by atoms with Gasteiger partial charge < -0.3 is 10.5 Å². The number of anilines is 1. The standard InChI is InChI=1S/C9H12N2O2S/c1-13-8(12)5-2-3-7-6(4-5)11-9(10)14-7/h5H,2-4H2,1H3,(H2,10,11). The Morgan fingerprint density at radius 2 is 2.50 bits per heavy atom. The van der Waals surface area contributed by atoms with Crippen molar-refractivity contribution in [2.45, 2.75) is 19.3 Å². The van der Waals surface area contributed by atoms with Crippen LogP contribution in [-0.4, -0.2) is 18.1 Å². The summed E-state index contributed by atoms with van der Waals surface area (Å²) >= 11 is 1.53. The molecule has 14 heavy (non-hydrogen) atoms. The number of aromatic nitrogens is 1. The molecule has 0 amide bonds. The van der Waals surface area contributed by atoms with Crippen LogP contribution in [0, 0.1) is 5.92 Å². The number of methoxy groups -OCH3 is 1. The quantitative estimate of drug-likeness (QED) is 0.705. The molecule has 0 fully saturated rings. The lowest BCUT2D eigenvalue weighted by Crippen LogP contribution is -2.23. The van der Waals surface area contributed by atoms with Gasteiger partial charge in [0, 0.05) is 11.3 Å². The van der Waals surface area contributed by atoms with Crippen molar-refractivity contribution in [3.63, 3.8) is 0 Å². The van der Waals surface area contributed by atoms with Crippen LogP contribution in [0.25, 0.3) is 0 Å². The molecule has 1 aromatic heterocycles. The van der Waals surface area contributed by atoms with E-state index in [0.29, 0.717) is 11.6 Å². The molecule has 1 heterocycles. The maximum absolute atomic E-state index is 11.3. The monoisotopic (exact) mass is 212 g/mol. The number of nitrogens with two attached hydrogens (primary N) is 1. The number of fused-ring (bicyclic) bond motifs is 1. The Morgan fingerprint density at radius 3 is 3.21 bits per heavy atom. The Kier molecular flexibility index (Phi) is 2.41. The second-order valence-corrected chi connectivity index (χ2v) is 4.50. The average Bonchev–Trinajstić information content (AvgIpc) is 2.55. The molecule has 0 spiro atoms. The van der Waals surface area contributed by atoms with Crippen molar-refractivity contribution in [2.75, 3.05) is 12.8 Å². The SMILES string of the molecule is COC(=O)C1CCc2sc(N)nc2C1. The molecule has 1 unspecified atom stereocenters. The van der Waals surface area contributed by atoms with Crippen LogP contribution in [0.2, 0.25) is 0 Å². The lowest BCUT2D eigenvalue weighted by molar-refractivity contribution is -0.145. The van der Waals surface area contributed by atoms with E-state index in [0.717, 1.165) is 18.5 Å². The zero-order valence-electron chi connectivity index (χ0n) is 7.95. The molecule has 0 radical (unpaired) electrons. The molecular formula is C9H12N2O2S. The topological polar surface area (TPSA) is 65.2 Å². The predicted octanol–water partition coefficient (Wildman–Crippen LogP) is 1.00. The van der Waals surface area contributed by atoms with Gasteiger partial charge in [-0.1, -0.05) is 0 Å². The Morgan fingerprint density at radius 1 is 1.71 bits per heavy atom. The minimum absolute atomic E-state index is 0.0333. The Labute approximate surface area is 86.1 Å². The third-order valence-electron chi connectivity index (χ3n) is 2.49. The van der Waals surface area contributed by atoms with E-state index in [9.17, 15) is 4.79 Å². The summed E-state index contributed by atoms with van der Waals surface area (Å²) in [7, 11) is 1.42. The summed E-state index contributed by atoms with van der Waals surface area (Å²) in [5.74, 6) is -0.170. The number of ether oxygens (including phenoxy) is 1. The lowest BCUT2D eigenvalue weighted by atomic mass is 9.91. The fraction of sp³-hybridized carbons (Fsp3) is 0.556. The third-order valence-corrected chi connectivity index (χ3v) is 3.48. The van der Waals surface area contributed by atoms with Gasteiger partial charge >= 0.3 is 5.97 Å². The summed E-state index contributed by atoms with van der Waals surface area (Å²) in [4.78, 5) is 16.7. The Bertz CT molecular complexity index is 362. The van der Waals surface area contributed by atoms with Crippen molar-refractivity contribution in [3.05, 3.63) is 10.6 Å². The first-order chi connectivity index (χ1) is 6.70. The molecule has 2 rings (SSSR count). The van der Waals surface area contributed by atoms with E-state index in [2.05, 4.69) is 4.98 Å². The van der Waals surface area contributed by atoms with Gasteiger partial charge in [0.25, 0.3) is 0 Å². The van der Waals surface area contributed by atoms with E-state index in [-0.39, 0.29) is 11.9 Å². The Balaban J connectivity index is 2.16. The number of carbonyl (C=O) groups is 1. The number of aryl methyl sites for hydroxylation is 1. The minimum Gasteiger partial charge on any atom is -0.469 e. The van der Waals surface area contributed by atoms with Crippen LogP contribution in [0.15, 0.2) is 0 Å². The molecule has 0 bridgehead atoms. The number of esters is 1. The normalized spacial score (nSPS) is 20.2. The predicted molar refractivity (Wildman–Crippen MR) is 54.1 cm³/mol. The maximum atomic E-state index is 11.3. The number of carbonyl (C=O) groups excluding carboxylic acids is 1. The van der Waals surface area contributed by atoms with Gasteiger partial charge in [0.05, 0.1) is 18.7 Å². The van der Waals surface area contributed by atoms with Crippen molar-refractivity contribution in [3.8, 4) is 0 Å². The van der Waals surface area contributed by atoms with Gasteiger partial charge in [0.2, 0.25) is 0 Å². The summed E-state index contributed by atoms with van der Waals surface area (Å²) in [5, 5.41) is 0.598. The summed E-state index contributed by atoms with van der Waals surface area (Å²) in [5.41, 5.74) is 6.58. The molecule has 0 saturated heterocycles. The zero-order chi connectivity index (χ0) is 10.1. The molecule has 0 saturated carbocycles. The summed E-state index contributed by atoms with van der Waals surface area (Å²) in [6.45, 7) is 0. The smallest absolute Gasteiger partial charge is 0.309 e. The second kappa shape index (κ2) is 3.57. The van der Waals surface area contributed by atoms with E-state index >= 15 is 0 Å². The van der Waals surface area contributed by atoms with Crippen molar-refractivity contribution in [2.24, 2.45) is 5.92 Å². The highest BCUT2D eigenvalue weighted by Crippen LogP contribution is 2.31. The van der Waals surface area contributed by atoms with Crippen LogP contribution in [0.4, 0.5) is 5.13 Å². The highest BCUT2D eigenvalue weighted by molar-refractivity contribution is 7.15. The molecule has 1 aliphatic rings. The van der Waals surface area contributed by atoms with Gasteiger partial charge in [0.15, 0.2) is 5.13 Å². The van der Waals surface area contributed by atoms with Crippen LogP contribution < -0.4 is 5.73 Å². The fourth-order valence-electron chi connectivity index (χ4n) is 1.77. The van der Waals surface area contributed by atoms with Crippen molar-refractivity contribution in [1.82, 2.24) is 4.98 Å². The molecule has 5 heteroatoms. The molecule has 0 aromatic carbocycles.